The van der Waals surface area contributed by atoms with Crippen LogP contribution >= 0.6 is 0 Å². The number of hydrogen-bond acceptors (Lipinski definition) is 3. The van der Waals surface area contributed by atoms with Crippen LogP contribution in [0.1, 0.15) is 24.2 Å². The van der Waals surface area contributed by atoms with Gasteiger partial charge >= 0.3 is 0 Å². The number of amides is 1. The monoisotopic (exact) mass is 330 g/mol. The van der Waals surface area contributed by atoms with Crippen LogP contribution in [0.25, 0.3) is 0 Å². The van der Waals surface area contributed by atoms with Gasteiger partial charge in [-0.1, -0.05) is 18.2 Å². The summed E-state index contributed by atoms with van der Waals surface area (Å²) >= 11 is 0. The topological polar surface area (TPSA) is 41.4 Å². The lowest BCUT2D eigenvalue weighted by molar-refractivity contribution is -0.136. The number of halogens is 1. The van der Waals surface area contributed by atoms with Crippen molar-refractivity contribution >= 4 is 5.91 Å². The summed E-state index contributed by atoms with van der Waals surface area (Å²) < 4.78 is 15.5. The summed E-state index contributed by atoms with van der Waals surface area (Å²) in [5, 5.41) is 4.32. The van der Waals surface area contributed by atoms with Gasteiger partial charge in [-0.3, -0.25) is 14.4 Å². The second-order valence-electron chi connectivity index (χ2n) is 6.31. The zero-order valence-electron chi connectivity index (χ0n) is 14.2. The molecule has 2 heterocycles. The van der Waals surface area contributed by atoms with E-state index < -0.39 is 0 Å². The van der Waals surface area contributed by atoms with E-state index in [4.69, 9.17) is 0 Å². The van der Waals surface area contributed by atoms with Gasteiger partial charge in [-0.05, 0) is 26.0 Å². The molecule has 0 bridgehead atoms. The number of aromatic nitrogens is 2. The number of carbonyl (C=O) groups is 1. The van der Waals surface area contributed by atoms with Gasteiger partial charge in [-0.2, -0.15) is 5.10 Å². The molecule has 128 valence electrons. The zero-order valence-corrected chi connectivity index (χ0v) is 14.2. The van der Waals surface area contributed by atoms with E-state index in [-0.39, 0.29) is 17.8 Å². The molecule has 3 rings (SSSR count). The predicted octanol–water partition coefficient (Wildman–Crippen LogP) is 2.24. The number of hydrogen-bond donors (Lipinski definition) is 0. The summed E-state index contributed by atoms with van der Waals surface area (Å²) in [4.78, 5) is 16.7. The molecule has 1 atom stereocenters. The quantitative estimate of drug-likeness (QED) is 0.863. The summed E-state index contributed by atoms with van der Waals surface area (Å²) in [6.45, 7) is 7.21. The first kappa shape index (κ1) is 16.6. The molecule has 6 heteroatoms. The van der Waals surface area contributed by atoms with Crippen molar-refractivity contribution in [3.05, 3.63) is 53.6 Å². The van der Waals surface area contributed by atoms with Crippen molar-refractivity contribution in [3.63, 3.8) is 0 Å². The van der Waals surface area contributed by atoms with Gasteiger partial charge in [0.05, 0.1) is 5.69 Å². The number of aryl methyl sites for hydroxylation is 1. The number of benzene rings is 1. The Morgan fingerprint density at radius 1 is 1.21 bits per heavy atom. The summed E-state index contributed by atoms with van der Waals surface area (Å²) in [6, 6.07) is 8.46. The van der Waals surface area contributed by atoms with Crippen molar-refractivity contribution in [1.82, 2.24) is 19.6 Å². The van der Waals surface area contributed by atoms with Crippen LogP contribution in [0.3, 0.4) is 0 Å². The van der Waals surface area contributed by atoms with Crippen LogP contribution < -0.4 is 0 Å². The number of carbonyl (C=O) groups excluding carboxylic acids is 1. The molecule has 0 spiro atoms. The van der Waals surface area contributed by atoms with Crippen LogP contribution in [0, 0.1) is 12.7 Å². The highest BCUT2D eigenvalue weighted by molar-refractivity contribution is 5.80. The number of rotatable bonds is 4. The molecule has 0 radical (unpaired) electrons. The molecule has 2 aromatic rings. The second kappa shape index (κ2) is 7.13. The molecule has 0 N–H and O–H groups in total. The van der Waals surface area contributed by atoms with Crippen molar-refractivity contribution in [2.45, 2.75) is 26.4 Å². The maximum atomic E-state index is 13.7. The van der Waals surface area contributed by atoms with Crippen molar-refractivity contribution in [2.75, 3.05) is 26.2 Å². The Hall–Kier alpha value is -2.21. The minimum atomic E-state index is -0.295. The third kappa shape index (κ3) is 3.64. The van der Waals surface area contributed by atoms with Gasteiger partial charge in [0, 0.05) is 44.5 Å². The van der Waals surface area contributed by atoms with Gasteiger partial charge < -0.3 is 4.90 Å². The third-order valence-corrected chi connectivity index (χ3v) is 4.53. The molecular weight excluding hydrogens is 307 g/mol. The number of nitrogens with zero attached hydrogens (tertiary/aromatic N) is 4. The van der Waals surface area contributed by atoms with Crippen LogP contribution in [-0.4, -0.2) is 51.7 Å². The minimum absolute atomic E-state index is 0.0867. The standard InChI is InChI=1S/C18H23FN4O/c1-14-7-8-23(20-14)15(2)18(24)22-11-9-21(10-12-22)13-16-5-3-4-6-17(16)19/h3-8,15H,9-13H2,1-2H3. The largest absolute Gasteiger partial charge is 0.338 e. The van der Waals surface area contributed by atoms with Crippen LogP contribution in [0.5, 0.6) is 0 Å². The van der Waals surface area contributed by atoms with Gasteiger partial charge in [0.1, 0.15) is 11.9 Å². The summed E-state index contributed by atoms with van der Waals surface area (Å²) in [7, 11) is 0. The van der Waals surface area contributed by atoms with E-state index >= 15 is 0 Å². The van der Waals surface area contributed by atoms with Crippen molar-refractivity contribution < 1.29 is 9.18 Å². The maximum Gasteiger partial charge on any atom is 0.247 e. The minimum Gasteiger partial charge on any atom is -0.338 e. The Bertz CT molecular complexity index is 707. The molecular formula is C18H23FN4O. The molecule has 24 heavy (non-hydrogen) atoms. The highest BCUT2D eigenvalue weighted by atomic mass is 19.1. The molecule has 1 amide bonds. The Labute approximate surface area is 141 Å². The summed E-state index contributed by atoms with van der Waals surface area (Å²) in [6.07, 6.45) is 1.84. The highest BCUT2D eigenvalue weighted by Crippen LogP contribution is 2.15. The lowest BCUT2D eigenvalue weighted by atomic mass is 10.1. The first-order valence-corrected chi connectivity index (χ1v) is 8.31. The van der Waals surface area contributed by atoms with Gasteiger partial charge in [-0.25, -0.2) is 4.39 Å². The van der Waals surface area contributed by atoms with E-state index in [2.05, 4.69) is 10.00 Å². The molecule has 0 saturated carbocycles. The SMILES string of the molecule is Cc1ccn(C(C)C(=O)N2CCN(Cc3ccccc3F)CC2)n1. The fourth-order valence-electron chi connectivity index (χ4n) is 3.02. The normalized spacial score (nSPS) is 17.0. The molecule has 1 aromatic carbocycles. The van der Waals surface area contributed by atoms with E-state index in [0.29, 0.717) is 25.2 Å². The molecule has 1 aliphatic rings. The second-order valence-corrected chi connectivity index (χ2v) is 6.31. The van der Waals surface area contributed by atoms with Crippen LogP contribution in [0.15, 0.2) is 36.5 Å². The smallest absolute Gasteiger partial charge is 0.247 e. The third-order valence-electron chi connectivity index (χ3n) is 4.53. The van der Waals surface area contributed by atoms with E-state index in [0.717, 1.165) is 18.8 Å². The molecule has 0 aliphatic carbocycles. The van der Waals surface area contributed by atoms with Crippen LogP contribution in [-0.2, 0) is 11.3 Å². The van der Waals surface area contributed by atoms with Crippen LogP contribution in [0.2, 0.25) is 0 Å². The Balaban J connectivity index is 1.55. The van der Waals surface area contributed by atoms with Gasteiger partial charge in [0.25, 0.3) is 0 Å². The van der Waals surface area contributed by atoms with E-state index in [1.807, 2.05) is 43.1 Å². The Morgan fingerprint density at radius 3 is 2.54 bits per heavy atom. The predicted molar refractivity (Wildman–Crippen MR) is 89.9 cm³/mol. The molecule has 1 saturated heterocycles. The lowest BCUT2D eigenvalue weighted by Crippen LogP contribution is -2.50. The van der Waals surface area contributed by atoms with Gasteiger partial charge in [0.15, 0.2) is 0 Å². The fraction of sp³-hybridized carbons (Fsp3) is 0.444. The van der Waals surface area contributed by atoms with Gasteiger partial charge in [-0.15, -0.1) is 0 Å². The van der Waals surface area contributed by atoms with Crippen molar-refractivity contribution in [2.24, 2.45) is 0 Å². The molecule has 1 unspecified atom stereocenters. The van der Waals surface area contributed by atoms with E-state index in [9.17, 15) is 9.18 Å². The van der Waals surface area contributed by atoms with Gasteiger partial charge in [0.2, 0.25) is 5.91 Å². The lowest BCUT2D eigenvalue weighted by Gasteiger charge is -2.36. The van der Waals surface area contributed by atoms with Crippen LogP contribution in [0.4, 0.5) is 4.39 Å². The molecule has 1 aromatic heterocycles. The average molecular weight is 330 g/mol. The first-order valence-electron chi connectivity index (χ1n) is 8.31. The average Bonchev–Trinajstić information content (AvgIpc) is 3.03. The van der Waals surface area contributed by atoms with Crippen molar-refractivity contribution in [1.29, 1.82) is 0 Å². The summed E-state index contributed by atoms with van der Waals surface area (Å²) in [5.74, 6) is -0.0812. The maximum absolute atomic E-state index is 13.7. The highest BCUT2D eigenvalue weighted by Gasteiger charge is 2.26. The Kier molecular flexibility index (Phi) is 4.94. The number of piperazine rings is 1. The first-order chi connectivity index (χ1) is 11.5. The molecule has 1 aliphatic heterocycles. The summed E-state index contributed by atoms with van der Waals surface area (Å²) in [5.41, 5.74) is 1.61. The molecule has 1 fully saturated rings. The fourth-order valence-corrected chi connectivity index (χ4v) is 3.02. The van der Waals surface area contributed by atoms with E-state index in [1.54, 1.807) is 10.7 Å². The molecule has 5 nitrogen and oxygen atoms in total. The van der Waals surface area contributed by atoms with E-state index in [1.165, 1.54) is 6.07 Å². The Morgan fingerprint density at radius 2 is 1.92 bits per heavy atom. The zero-order chi connectivity index (χ0) is 17.1. The van der Waals surface area contributed by atoms with Crippen molar-refractivity contribution in [3.8, 4) is 0 Å².